The summed E-state index contributed by atoms with van der Waals surface area (Å²) in [4.78, 5) is 14.6. The molecule has 1 amide bonds. The van der Waals surface area contributed by atoms with E-state index in [1.807, 2.05) is 34.8 Å². The number of piperidine rings is 1. The molecule has 3 rings (SSSR count). The molecule has 2 fully saturated rings. The summed E-state index contributed by atoms with van der Waals surface area (Å²) in [5.41, 5.74) is 0.841. The van der Waals surface area contributed by atoms with Crippen LogP contribution >= 0.6 is 12.4 Å². The number of carbonyl (C=O) groups is 1. The topological polar surface area (TPSA) is 57.5 Å². The first-order valence-corrected chi connectivity index (χ1v) is 7.38. The summed E-state index contributed by atoms with van der Waals surface area (Å²) in [7, 11) is 1.90. The molecule has 1 aromatic rings. The summed E-state index contributed by atoms with van der Waals surface area (Å²) >= 11 is 0. The fourth-order valence-electron chi connectivity index (χ4n) is 3.78. The van der Waals surface area contributed by atoms with Gasteiger partial charge in [-0.15, -0.1) is 12.4 Å². The van der Waals surface area contributed by atoms with Crippen LogP contribution in [0.15, 0.2) is 18.3 Å². The molecule has 6 heteroatoms. The molecule has 1 spiro atoms. The molecule has 3 heterocycles. The van der Waals surface area contributed by atoms with E-state index in [1.54, 1.807) is 0 Å². The molecule has 21 heavy (non-hydrogen) atoms. The van der Waals surface area contributed by atoms with E-state index in [2.05, 4.69) is 5.32 Å². The number of aryl methyl sites for hydroxylation is 1. The Kier molecular flexibility index (Phi) is 4.96. The van der Waals surface area contributed by atoms with Crippen LogP contribution in [0, 0.1) is 11.3 Å². The molecular formula is C15H24ClN3O2. The number of nitrogens with one attached hydrogen (secondary N) is 1. The fourth-order valence-corrected chi connectivity index (χ4v) is 3.78. The Hall–Kier alpha value is -1.04. The van der Waals surface area contributed by atoms with Crippen molar-refractivity contribution in [2.45, 2.75) is 12.8 Å². The first-order chi connectivity index (χ1) is 9.66. The van der Waals surface area contributed by atoms with Crippen LogP contribution in [-0.4, -0.2) is 53.3 Å². The van der Waals surface area contributed by atoms with Crippen LogP contribution in [0.2, 0.25) is 0 Å². The number of aliphatic hydroxyl groups excluding tert-OH is 1. The third kappa shape index (κ3) is 2.82. The van der Waals surface area contributed by atoms with E-state index >= 15 is 0 Å². The van der Waals surface area contributed by atoms with Crippen molar-refractivity contribution < 1.29 is 9.90 Å². The minimum Gasteiger partial charge on any atom is -0.396 e. The summed E-state index contributed by atoms with van der Waals surface area (Å²) in [5.74, 6) is 0.306. The van der Waals surface area contributed by atoms with Crippen molar-refractivity contribution in [1.82, 2.24) is 14.8 Å². The van der Waals surface area contributed by atoms with Gasteiger partial charge in [-0.1, -0.05) is 0 Å². The first kappa shape index (κ1) is 16.3. The number of hydrogen-bond acceptors (Lipinski definition) is 3. The predicted octanol–water partition coefficient (Wildman–Crippen LogP) is 0.881. The molecule has 0 bridgehead atoms. The lowest BCUT2D eigenvalue weighted by Crippen LogP contribution is -2.43. The first-order valence-electron chi connectivity index (χ1n) is 7.38. The van der Waals surface area contributed by atoms with Gasteiger partial charge in [0.05, 0.1) is 0 Å². The standard InChI is InChI=1S/C15H23N3O2.ClH/c1-17-8-2-3-13(17)14(20)18-9-12(10-19)15(11-18)4-6-16-7-5-15;/h2-3,8,12,16,19H,4-7,9-11H2,1H3;1H. The number of halogens is 1. The molecule has 0 aliphatic carbocycles. The molecule has 1 unspecified atom stereocenters. The molecule has 0 saturated carbocycles. The summed E-state index contributed by atoms with van der Waals surface area (Å²) in [5, 5.41) is 13.1. The second-order valence-corrected chi connectivity index (χ2v) is 6.18. The number of nitrogens with zero attached hydrogens (tertiary/aromatic N) is 2. The molecular weight excluding hydrogens is 290 g/mol. The van der Waals surface area contributed by atoms with E-state index in [-0.39, 0.29) is 36.3 Å². The van der Waals surface area contributed by atoms with Crippen LogP contribution in [0.5, 0.6) is 0 Å². The monoisotopic (exact) mass is 313 g/mol. The van der Waals surface area contributed by atoms with E-state index in [0.29, 0.717) is 6.54 Å². The molecule has 1 aromatic heterocycles. The molecule has 5 nitrogen and oxygen atoms in total. The highest BCUT2D eigenvalue weighted by Crippen LogP contribution is 2.43. The van der Waals surface area contributed by atoms with Crippen LogP contribution in [0.1, 0.15) is 23.3 Å². The van der Waals surface area contributed by atoms with Gasteiger partial charge in [0.1, 0.15) is 5.69 Å². The highest BCUT2D eigenvalue weighted by molar-refractivity contribution is 5.93. The zero-order valence-corrected chi connectivity index (χ0v) is 13.2. The third-order valence-corrected chi connectivity index (χ3v) is 5.08. The van der Waals surface area contributed by atoms with Gasteiger partial charge < -0.3 is 19.9 Å². The van der Waals surface area contributed by atoms with Gasteiger partial charge in [-0.3, -0.25) is 4.79 Å². The maximum atomic E-state index is 12.6. The van der Waals surface area contributed by atoms with Gasteiger partial charge in [0.2, 0.25) is 0 Å². The van der Waals surface area contributed by atoms with Crippen molar-refractivity contribution in [3.63, 3.8) is 0 Å². The van der Waals surface area contributed by atoms with Gasteiger partial charge in [0, 0.05) is 38.9 Å². The van der Waals surface area contributed by atoms with Crippen molar-refractivity contribution in [3.8, 4) is 0 Å². The van der Waals surface area contributed by atoms with Gasteiger partial charge in [-0.2, -0.15) is 0 Å². The van der Waals surface area contributed by atoms with Crippen molar-refractivity contribution in [1.29, 1.82) is 0 Å². The zero-order chi connectivity index (χ0) is 14.2. The Labute approximate surface area is 131 Å². The molecule has 1 atom stereocenters. The van der Waals surface area contributed by atoms with Gasteiger partial charge >= 0.3 is 0 Å². The Balaban J connectivity index is 0.00000161. The van der Waals surface area contributed by atoms with E-state index in [4.69, 9.17) is 0 Å². The van der Waals surface area contributed by atoms with Crippen molar-refractivity contribution in [2.24, 2.45) is 18.4 Å². The minimum absolute atomic E-state index is 0. The number of rotatable bonds is 2. The largest absolute Gasteiger partial charge is 0.396 e. The maximum Gasteiger partial charge on any atom is 0.270 e. The molecule has 2 saturated heterocycles. The number of likely N-dealkylation sites (tertiary alicyclic amines) is 1. The SMILES string of the molecule is Cl.Cn1cccc1C(=O)N1CC(CO)C2(CCNCC2)C1. The number of hydrogen-bond donors (Lipinski definition) is 2. The van der Waals surface area contributed by atoms with E-state index < -0.39 is 0 Å². The lowest BCUT2D eigenvalue weighted by molar-refractivity contribution is 0.0747. The van der Waals surface area contributed by atoms with Crippen LogP contribution in [0.3, 0.4) is 0 Å². The molecule has 2 aliphatic heterocycles. The highest BCUT2D eigenvalue weighted by atomic mass is 35.5. The Morgan fingerprint density at radius 3 is 2.76 bits per heavy atom. The Morgan fingerprint density at radius 1 is 1.48 bits per heavy atom. The van der Waals surface area contributed by atoms with Crippen molar-refractivity contribution in [3.05, 3.63) is 24.0 Å². The fraction of sp³-hybridized carbons (Fsp3) is 0.667. The van der Waals surface area contributed by atoms with Crippen LogP contribution < -0.4 is 5.32 Å². The van der Waals surface area contributed by atoms with E-state index in [9.17, 15) is 9.90 Å². The van der Waals surface area contributed by atoms with Crippen LogP contribution in [0.4, 0.5) is 0 Å². The minimum atomic E-state index is 0. The van der Waals surface area contributed by atoms with Crippen LogP contribution in [-0.2, 0) is 7.05 Å². The Morgan fingerprint density at radius 2 is 2.19 bits per heavy atom. The average molecular weight is 314 g/mol. The average Bonchev–Trinajstić information content (AvgIpc) is 3.03. The summed E-state index contributed by atoms with van der Waals surface area (Å²) < 4.78 is 1.86. The number of carbonyl (C=O) groups excluding carboxylic acids is 1. The quantitative estimate of drug-likeness (QED) is 0.852. The molecule has 118 valence electrons. The lowest BCUT2D eigenvalue weighted by atomic mass is 9.71. The second-order valence-electron chi connectivity index (χ2n) is 6.18. The van der Waals surface area contributed by atoms with E-state index in [1.165, 1.54) is 0 Å². The normalized spacial score (nSPS) is 24.1. The third-order valence-electron chi connectivity index (χ3n) is 5.08. The summed E-state index contributed by atoms with van der Waals surface area (Å²) in [6.07, 6.45) is 4.00. The number of amides is 1. The van der Waals surface area contributed by atoms with Gasteiger partial charge in [0.25, 0.3) is 5.91 Å². The lowest BCUT2D eigenvalue weighted by Gasteiger charge is -2.37. The molecule has 0 radical (unpaired) electrons. The van der Waals surface area contributed by atoms with Crippen molar-refractivity contribution >= 4 is 18.3 Å². The predicted molar refractivity (Wildman–Crippen MR) is 83.7 cm³/mol. The second kappa shape index (κ2) is 6.38. The number of aliphatic hydroxyl groups is 1. The van der Waals surface area contributed by atoms with Gasteiger partial charge in [-0.25, -0.2) is 0 Å². The van der Waals surface area contributed by atoms with Gasteiger partial charge in [0.15, 0.2) is 0 Å². The zero-order valence-electron chi connectivity index (χ0n) is 12.4. The summed E-state index contributed by atoms with van der Waals surface area (Å²) in [6.45, 7) is 3.62. The highest BCUT2D eigenvalue weighted by Gasteiger charge is 2.48. The van der Waals surface area contributed by atoms with Crippen LogP contribution in [0.25, 0.3) is 0 Å². The maximum absolute atomic E-state index is 12.6. The summed E-state index contributed by atoms with van der Waals surface area (Å²) in [6, 6.07) is 3.76. The van der Waals surface area contributed by atoms with Crippen molar-refractivity contribution in [2.75, 3.05) is 32.8 Å². The molecule has 2 aliphatic rings. The van der Waals surface area contributed by atoms with Gasteiger partial charge in [-0.05, 0) is 43.5 Å². The molecule has 0 aromatic carbocycles. The number of aromatic nitrogens is 1. The smallest absolute Gasteiger partial charge is 0.270 e. The molecule has 2 N–H and O–H groups in total. The Bertz CT molecular complexity index is 497. The van der Waals surface area contributed by atoms with E-state index in [0.717, 1.165) is 38.2 Å².